The molecule has 0 aromatic carbocycles. The first-order valence-corrected chi connectivity index (χ1v) is 6.11. The molecule has 0 aliphatic heterocycles. The summed E-state index contributed by atoms with van der Waals surface area (Å²) in [4.78, 5) is 11.0. The van der Waals surface area contributed by atoms with Crippen LogP contribution in [0.5, 0.6) is 0 Å². The Morgan fingerprint density at radius 1 is 1.26 bits per heavy atom. The van der Waals surface area contributed by atoms with E-state index in [9.17, 15) is 13.2 Å². The average molecular weight is 321 g/mol. The number of hydrogen-bond donors (Lipinski definition) is 0. The molecular formula is C12H6F3N7O. The van der Waals surface area contributed by atoms with Crippen LogP contribution in [-0.2, 0) is 12.7 Å². The molecule has 0 aliphatic carbocycles. The van der Waals surface area contributed by atoms with Crippen LogP contribution in [0.4, 0.5) is 13.2 Å². The molecule has 0 fully saturated rings. The molecule has 0 atom stereocenters. The number of alkyl halides is 3. The van der Waals surface area contributed by atoms with Crippen molar-refractivity contribution in [2.75, 3.05) is 0 Å². The van der Waals surface area contributed by atoms with Gasteiger partial charge in [0.05, 0.1) is 6.54 Å². The number of nitriles is 1. The van der Waals surface area contributed by atoms with E-state index >= 15 is 0 Å². The monoisotopic (exact) mass is 321 g/mol. The standard InChI is InChI=1S/C12H6F3N7O/c13-12(14,15)11-20-10(21-23-11)8-2-1-7(4-17-8)5-22-9(3-16)18-6-19-22/h1-2,4,6H,5H2. The maximum Gasteiger partial charge on any atom is 0.471 e. The molecule has 3 aromatic heterocycles. The topological polar surface area (TPSA) is 106 Å². The molecule has 11 heteroatoms. The van der Waals surface area contributed by atoms with Crippen LogP contribution in [0, 0.1) is 11.3 Å². The summed E-state index contributed by atoms with van der Waals surface area (Å²) in [5.41, 5.74) is 0.808. The van der Waals surface area contributed by atoms with E-state index in [-0.39, 0.29) is 23.9 Å². The second-order valence-electron chi connectivity index (χ2n) is 4.33. The van der Waals surface area contributed by atoms with Gasteiger partial charge in [0, 0.05) is 6.20 Å². The minimum atomic E-state index is -4.70. The Kier molecular flexibility index (Phi) is 3.49. The Balaban J connectivity index is 1.80. The third kappa shape index (κ3) is 3.00. The lowest BCUT2D eigenvalue weighted by molar-refractivity contribution is -0.159. The lowest BCUT2D eigenvalue weighted by atomic mass is 10.2. The summed E-state index contributed by atoms with van der Waals surface area (Å²) in [6.45, 7) is 0.246. The number of hydrogen-bond acceptors (Lipinski definition) is 7. The molecule has 0 radical (unpaired) electrons. The van der Waals surface area contributed by atoms with Crippen LogP contribution in [0.15, 0.2) is 29.2 Å². The van der Waals surface area contributed by atoms with Gasteiger partial charge < -0.3 is 4.52 Å². The van der Waals surface area contributed by atoms with E-state index in [2.05, 4.69) is 29.7 Å². The third-order valence-corrected chi connectivity index (χ3v) is 2.77. The summed E-state index contributed by atoms with van der Waals surface area (Å²) >= 11 is 0. The van der Waals surface area contributed by atoms with Gasteiger partial charge in [-0.2, -0.15) is 28.5 Å². The number of halogens is 3. The van der Waals surface area contributed by atoms with E-state index in [1.54, 1.807) is 6.07 Å². The van der Waals surface area contributed by atoms with Crippen molar-refractivity contribution in [1.29, 1.82) is 5.26 Å². The first kappa shape index (κ1) is 14.6. The van der Waals surface area contributed by atoms with Crippen molar-refractivity contribution in [2.45, 2.75) is 12.7 Å². The molecule has 0 saturated carbocycles. The van der Waals surface area contributed by atoms with Crippen LogP contribution >= 0.6 is 0 Å². The van der Waals surface area contributed by atoms with Crippen molar-refractivity contribution in [3.8, 4) is 17.6 Å². The zero-order chi connectivity index (χ0) is 16.4. The lowest BCUT2D eigenvalue weighted by Crippen LogP contribution is -2.05. The summed E-state index contributed by atoms with van der Waals surface area (Å²) in [7, 11) is 0. The second kappa shape index (κ2) is 5.48. The van der Waals surface area contributed by atoms with E-state index in [1.807, 2.05) is 6.07 Å². The maximum atomic E-state index is 12.4. The van der Waals surface area contributed by atoms with E-state index < -0.39 is 12.1 Å². The highest BCUT2D eigenvalue weighted by atomic mass is 19.4. The minimum absolute atomic E-state index is 0.132. The fraction of sp³-hybridized carbons (Fsp3) is 0.167. The smallest absolute Gasteiger partial charge is 0.329 e. The van der Waals surface area contributed by atoms with Crippen molar-refractivity contribution >= 4 is 0 Å². The van der Waals surface area contributed by atoms with Gasteiger partial charge >= 0.3 is 12.1 Å². The van der Waals surface area contributed by atoms with E-state index in [0.29, 0.717) is 5.56 Å². The van der Waals surface area contributed by atoms with Gasteiger partial charge in [-0.25, -0.2) is 9.67 Å². The van der Waals surface area contributed by atoms with Crippen LogP contribution in [0.3, 0.4) is 0 Å². The molecule has 0 spiro atoms. The molecule has 8 nitrogen and oxygen atoms in total. The molecule has 0 aliphatic rings. The van der Waals surface area contributed by atoms with Crippen molar-refractivity contribution in [2.24, 2.45) is 0 Å². The minimum Gasteiger partial charge on any atom is -0.329 e. The molecule has 116 valence electrons. The molecular weight excluding hydrogens is 315 g/mol. The predicted molar refractivity (Wildman–Crippen MR) is 66.4 cm³/mol. The van der Waals surface area contributed by atoms with E-state index in [1.165, 1.54) is 23.3 Å². The van der Waals surface area contributed by atoms with Gasteiger partial charge in [-0.1, -0.05) is 11.2 Å². The van der Waals surface area contributed by atoms with Crippen molar-refractivity contribution in [3.05, 3.63) is 41.9 Å². The Morgan fingerprint density at radius 2 is 2.09 bits per heavy atom. The number of rotatable bonds is 3. The Hall–Kier alpha value is -3.29. The summed E-state index contributed by atoms with van der Waals surface area (Å²) in [6, 6.07) is 4.93. The Bertz CT molecular complexity index is 860. The summed E-state index contributed by atoms with van der Waals surface area (Å²) < 4.78 is 42.7. The first-order valence-electron chi connectivity index (χ1n) is 6.11. The highest BCUT2D eigenvalue weighted by molar-refractivity contribution is 5.48. The molecule has 0 amide bonds. The zero-order valence-corrected chi connectivity index (χ0v) is 11.2. The quantitative estimate of drug-likeness (QED) is 0.722. The lowest BCUT2D eigenvalue weighted by Gasteiger charge is -2.02. The first-order chi connectivity index (χ1) is 11.0. The number of nitrogens with zero attached hydrogens (tertiary/aromatic N) is 7. The van der Waals surface area contributed by atoms with Gasteiger partial charge in [-0.3, -0.25) is 4.98 Å². The van der Waals surface area contributed by atoms with Crippen LogP contribution in [0.25, 0.3) is 11.5 Å². The molecule has 23 heavy (non-hydrogen) atoms. The highest BCUT2D eigenvalue weighted by Gasteiger charge is 2.38. The fourth-order valence-electron chi connectivity index (χ4n) is 1.73. The molecule has 3 heterocycles. The van der Waals surface area contributed by atoms with Crippen LogP contribution in [-0.4, -0.2) is 29.9 Å². The average Bonchev–Trinajstić information content (AvgIpc) is 3.16. The normalized spacial score (nSPS) is 11.4. The summed E-state index contributed by atoms with van der Waals surface area (Å²) in [5.74, 6) is -1.55. The number of pyridine rings is 1. The van der Waals surface area contributed by atoms with Gasteiger partial charge in [0.1, 0.15) is 18.1 Å². The largest absolute Gasteiger partial charge is 0.471 e. The van der Waals surface area contributed by atoms with Gasteiger partial charge in [0.25, 0.3) is 0 Å². The molecule has 0 saturated heterocycles. The van der Waals surface area contributed by atoms with Crippen LogP contribution < -0.4 is 0 Å². The molecule has 0 unspecified atom stereocenters. The van der Waals surface area contributed by atoms with Gasteiger partial charge in [-0.05, 0) is 11.6 Å². The molecule has 3 rings (SSSR count). The third-order valence-electron chi connectivity index (χ3n) is 2.77. The zero-order valence-electron chi connectivity index (χ0n) is 11.2. The van der Waals surface area contributed by atoms with E-state index in [0.717, 1.165) is 0 Å². The fourth-order valence-corrected chi connectivity index (χ4v) is 1.73. The summed E-state index contributed by atoms with van der Waals surface area (Å²) in [5, 5.41) is 16.0. The maximum absolute atomic E-state index is 12.4. The van der Waals surface area contributed by atoms with Gasteiger partial charge in [-0.15, -0.1) is 0 Å². The van der Waals surface area contributed by atoms with E-state index in [4.69, 9.17) is 5.26 Å². The highest BCUT2D eigenvalue weighted by Crippen LogP contribution is 2.28. The summed E-state index contributed by atoms with van der Waals surface area (Å²) in [6.07, 6.45) is -2.04. The SMILES string of the molecule is N#Cc1ncnn1Cc1ccc(-c2noc(C(F)(F)F)n2)nc1. The Labute approximate surface area is 126 Å². The van der Waals surface area contributed by atoms with Gasteiger partial charge in [0.15, 0.2) is 0 Å². The van der Waals surface area contributed by atoms with Crippen molar-refractivity contribution in [1.82, 2.24) is 29.9 Å². The van der Waals surface area contributed by atoms with Crippen LogP contribution in [0.1, 0.15) is 17.3 Å². The molecule has 0 bridgehead atoms. The molecule has 0 N–H and O–H groups in total. The Morgan fingerprint density at radius 3 is 2.70 bits per heavy atom. The predicted octanol–water partition coefficient (Wildman–Crippen LogP) is 1.66. The van der Waals surface area contributed by atoms with Crippen LogP contribution in [0.2, 0.25) is 0 Å². The van der Waals surface area contributed by atoms with Gasteiger partial charge in [0.2, 0.25) is 11.6 Å². The molecule has 3 aromatic rings. The second-order valence-corrected chi connectivity index (χ2v) is 4.33. The number of aromatic nitrogens is 6. The van der Waals surface area contributed by atoms with Crippen molar-refractivity contribution < 1.29 is 17.7 Å². The van der Waals surface area contributed by atoms with Crippen molar-refractivity contribution in [3.63, 3.8) is 0 Å².